The minimum absolute atomic E-state index is 0.180. The number of H-pyrrole nitrogens is 1. The van der Waals surface area contributed by atoms with Gasteiger partial charge < -0.3 is 14.6 Å². The molecule has 3 aromatic rings. The number of rotatable bonds is 2. The van der Waals surface area contributed by atoms with E-state index in [2.05, 4.69) is 20.9 Å². The van der Waals surface area contributed by atoms with Crippen molar-refractivity contribution in [1.82, 2.24) is 9.88 Å². The van der Waals surface area contributed by atoms with Crippen molar-refractivity contribution in [1.29, 1.82) is 0 Å². The van der Waals surface area contributed by atoms with E-state index in [4.69, 9.17) is 4.74 Å². The number of halogens is 2. The number of aryl methyl sites for hydroxylation is 1. The zero-order valence-electron chi connectivity index (χ0n) is 15.4. The second kappa shape index (κ2) is 7.14. The second-order valence-corrected chi connectivity index (χ2v) is 7.86. The number of likely N-dealkylation sites (N-methyl/N-ethyl adjacent to an activating group) is 1. The molecule has 28 heavy (non-hydrogen) atoms. The van der Waals surface area contributed by atoms with Gasteiger partial charge in [-0.15, -0.1) is 0 Å². The van der Waals surface area contributed by atoms with Gasteiger partial charge in [-0.25, -0.2) is 4.39 Å². The van der Waals surface area contributed by atoms with Crippen LogP contribution in [-0.4, -0.2) is 29.4 Å². The van der Waals surface area contributed by atoms with Gasteiger partial charge in [0.05, 0.1) is 19.3 Å². The molecule has 0 bridgehead atoms. The molecule has 1 unspecified atom stereocenters. The molecular formula is C21H18BrFN2O3. The normalized spacial score (nSPS) is 16.1. The standard InChI is InChI=1S/C21H18BrFN2O3/c1-11-7-15-14(8-16(11)23)19-17(24-20(15)26)9-28-10-18(19)25(2)21(27)12-3-5-13(22)6-4-12/h3-8,18H,9-10H2,1-2H3,(H,24,26). The van der Waals surface area contributed by atoms with Gasteiger partial charge in [0.1, 0.15) is 5.82 Å². The lowest BCUT2D eigenvalue weighted by molar-refractivity contribution is 0.0335. The Morgan fingerprint density at radius 2 is 1.96 bits per heavy atom. The molecule has 1 aliphatic rings. The smallest absolute Gasteiger partial charge is 0.256 e. The van der Waals surface area contributed by atoms with Crippen molar-refractivity contribution in [3.63, 3.8) is 0 Å². The van der Waals surface area contributed by atoms with Gasteiger partial charge in [-0.05, 0) is 54.3 Å². The minimum Gasteiger partial charge on any atom is -0.373 e. The number of ether oxygens (including phenoxy) is 1. The maximum Gasteiger partial charge on any atom is 0.256 e. The van der Waals surface area contributed by atoms with Crippen molar-refractivity contribution < 1.29 is 13.9 Å². The van der Waals surface area contributed by atoms with Gasteiger partial charge in [0.15, 0.2) is 0 Å². The van der Waals surface area contributed by atoms with Crippen molar-refractivity contribution in [2.75, 3.05) is 13.7 Å². The zero-order chi connectivity index (χ0) is 20.0. The van der Waals surface area contributed by atoms with Crippen molar-refractivity contribution in [2.45, 2.75) is 19.6 Å². The van der Waals surface area contributed by atoms with Crippen molar-refractivity contribution in [2.24, 2.45) is 0 Å². The fraction of sp³-hybridized carbons (Fsp3) is 0.238. The molecule has 144 valence electrons. The third-order valence-electron chi connectivity index (χ3n) is 5.16. The summed E-state index contributed by atoms with van der Waals surface area (Å²) in [4.78, 5) is 29.9. The highest BCUT2D eigenvalue weighted by Crippen LogP contribution is 2.34. The van der Waals surface area contributed by atoms with E-state index < -0.39 is 6.04 Å². The van der Waals surface area contributed by atoms with Crippen LogP contribution in [0.25, 0.3) is 10.8 Å². The molecule has 5 nitrogen and oxygen atoms in total. The van der Waals surface area contributed by atoms with Gasteiger partial charge in [0, 0.05) is 33.7 Å². The highest BCUT2D eigenvalue weighted by Gasteiger charge is 2.31. The Bertz CT molecular complexity index is 1140. The number of hydrogen-bond acceptors (Lipinski definition) is 3. The summed E-state index contributed by atoms with van der Waals surface area (Å²) in [6, 6.07) is 9.57. The van der Waals surface area contributed by atoms with Crippen LogP contribution < -0.4 is 5.56 Å². The van der Waals surface area contributed by atoms with Gasteiger partial charge in [-0.2, -0.15) is 0 Å². The summed E-state index contributed by atoms with van der Waals surface area (Å²) in [5, 5.41) is 0.930. The number of benzene rings is 2. The van der Waals surface area contributed by atoms with Crippen LogP contribution in [0, 0.1) is 12.7 Å². The van der Waals surface area contributed by atoms with E-state index >= 15 is 0 Å². The third-order valence-corrected chi connectivity index (χ3v) is 5.69. The molecule has 1 atom stereocenters. The van der Waals surface area contributed by atoms with Crippen molar-refractivity contribution in [3.8, 4) is 0 Å². The number of pyridine rings is 1. The van der Waals surface area contributed by atoms with Crippen LogP contribution in [0.2, 0.25) is 0 Å². The van der Waals surface area contributed by atoms with E-state index in [-0.39, 0.29) is 30.5 Å². The molecule has 0 saturated heterocycles. The second-order valence-electron chi connectivity index (χ2n) is 6.95. The van der Waals surface area contributed by atoms with Crippen LogP contribution in [0.5, 0.6) is 0 Å². The monoisotopic (exact) mass is 444 g/mol. The molecule has 0 fully saturated rings. The first-order valence-corrected chi connectivity index (χ1v) is 9.61. The maximum absolute atomic E-state index is 14.3. The molecule has 1 amide bonds. The van der Waals surface area contributed by atoms with Gasteiger partial charge in [-0.1, -0.05) is 15.9 Å². The van der Waals surface area contributed by atoms with Crippen LogP contribution in [0.3, 0.4) is 0 Å². The van der Waals surface area contributed by atoms with Crippen LogP contribution in [0.15, 0.2) is 45.7 Å². The fourth-order valence-electron chi connectivity index (χ4n) is 3.62. The van der Waals surface area contributed by atoms with E-state index in [0.29, 0.717) is 27.6 Å². The summed E-state index contributed by atoms with van der Waals surface area (Å²) in [5.41, 5.74) is 1.96. The van der Waals surface area contributed by atoms with E-state index in [1.54, 1.807) is 49.2 Å². The number of fused-ring (bicyclic) bond motifs is 3. The highest BCUT2D eigenvalue weighted by molar-refractivity contribution is 9.10. The average Bonchev–Trinajstić information content (AvgIpc) is 2.68. The van der Waals surface area contributed by atoms with Crippen LogP contribution in [-0.2, 0) is 11.3 Å². The molecule has 1 aromatic heterocycles. The largest absolute Gasteiger partial charge is 0.373 e. The number of hydrogen-bond donors (Lipinski definition) is 1. The predicted molar refractivity (Wildman–Crippen MR) is 108 cm³/mol. The highest BCUT2D eigenvalue weighted by atomic mass is 79.9. The first kappa shape index (κ1) is 18.8. The minimum atomic E-state index is -0.443. The van der Waals surface area contributed by atoms with Crippen LogP contribution >= 0.6 is 15.9 Å². The predicted octanol–water partition coefficient (Wildman–Crippen LogP) is 4.08. The first-order chi connectivity index (χ1) is 13.4. The summed E-state index contributed by atoms with van der Waals surface area (Å²) >= 11 is 3.36. The third kappa shape index (κ3) is 3.14. The summed E-state index contributed by atoms with van der Waals surface area (Å²) in [7, 11) is 1.69. The van der Waals surface area contributed by atoms with Gasteiger partial charge in [0.25, 0.3) is 11.5 Å². The molecule has 4 rings (SSSR count). The number of aromatic amines is 1. The Hall–Kier alpha value is -2.51. The molecule has 1 aliphatic heterocycles. The van der Waals surface area contributed by atoms with E-state index in [9.17, 15) is 14.0 Å². The lowest BCUT2D eigenvalue weighted by Crippen LogP contribution is -2.37. The van der Waals surface area contributed by atoms with Crippen molar-refractivity contribution in [3.05, 3.63) is 79.4 Å². The number of aromatic nitrogens is 1. The summed E-state index contributed by atoms with van der Waals surface area (Å²) < 4.78 is 20.8. The van der Waals surface area contributed by atoms with Gasteiger partial charge in [-0.3, -0.25) is 9.59 Å². The van der Waals surface area contributed by atoms with Crippen LogP contribution in [0.1, 0.15) is 33.2 Å². The van der Waals surface area contributed by atoms with Gasteiger partial charge in [0.2, 0.25) is 0 Å². The summed E-state index contributed by atoms with van der Waals surface area (Å²) in [6.45, 7) is 2.10. The quantitative estimate of drug-likeness (QED) is 0.647. The summed E-state index contributed by atoms with van der Waals surface area (Å²) in [5.74, 6) is -0.562. The molecule has 1 N–H and O–H groups in total. The molecule has 0 saturated carbocycles. The Kier molecular flexibility index (Phi) is 4.81. The Morgan fingerprint density at radius 3 is 2.68 bits per heavy atom. The number of carbonyl (C=O) groups is 1. The first-order valence-electron chi connectivity index (χ1n) is 8.82. The lowest BCUT2D eigenvalue weighted by Gasteiger charge is -2.34. The Balaban J connectivity index is 1.84. The Labute approximate surface area is 169 Å². The zero-order valence-corrected chi connectivity index (χ0v) is 17.0. The molecule has 0 radical (unpaired) electrons. The number of amides is 1. The van der Waals surface area contributed by atoms with Crippen LogP contribution in [0.4, 0.5) is 4.39 Å². The SMILES string of the molecule is Cc1cc2c(=O)[nH]c3c(c2cc1F)C(N(C)C(=O)c1ccc(Br)cc1)COC3. The number of nitrogens with one attached hydrogen (secondary N) is 1. The fourth-order valence-corrected chi connectivity index (χ4v) is 3.88. The molecule has 7 heteroatoms. The molecule has 2 aromatic carbocycles. The summed E-state index contributed by atoms with van der Waals surface area (Å²) in [6.07, 6.45) is 0. The van der Waals surface area contributed by atoms with Crippen molar-refractivity contribution >= 4 is 32.6 Å². The van der Waals surface area contributed by atoms with E-state index in [0.717, 1.165) is 10.0 Å². The van der Waals surface area contributed by atoms with E-state index in [1.165, 1.54) is 6.07 Å². The molecule has 2 heterocycles. The number of nitrogens with zero attached hydrogens (tertiary/aromatic N) is 1. The van der Waals surface area contributed by atoms with Gasteiger partial charge >= 0.3 is 0 Å². The lowest BCUT2D eigenvalue weighted by atomic mass is 9.94. The molecule has 0 aliphatic carbocycles. The van der Waals surface area contributed by atoms with E-state index in [1.807, 2.05) is 0 Å². The average molecular weight is 445 g/mol. The molecular weight excluding hydrogens is 427 g/mol. The maximum atomic E-state index is 14.3. The topological polar surface area (TPSA) is 62.4 Å². The molecule has 0 spiro atoms. The number of carbonyl (C=O) groups excluding carboxylic acids is 1. The Morgan fingerprint density at radius 1 is 1.25 bits per heavy atom.